The molecule has 39 heavy (non-hydrogen) atoms. The molecule has 0 radical (unpaired) electrons. The number of nitrogens with one attached hydrogen (secondary N) is 3. The fourth-order valence-corrected chi connectivity index (χ4v) is 5.26. The second-order valence-electron chi connectivity index (χ2n) is 10.1. The molecule has 5 N–H and O–H groups in total. The first kappa shape index (κ1) is 30.1. The van der Waals surface area contributed by atoms with Crippen LogP contribution in [0.15, 0.2) is 48.5 Å². The molecule has 1 aliphatic carbocycles. The molecular formula is C30H42N4O5. The zero-order chi connectivity index (χ0) is 28.0. The van der Waals surface area contributed by atoms with Crippen LogP contribution in [0.25, 0.3) is 0 Å². The van der Waals surface area contributed by atoms with Gasteiger partial charge in [-0.25, -0.2) is 0 Å². The van der Waals surface area contributed by atoms with Crippen molar-refractivity contribution in [3.05, 3.63) is 59.7 Å². The van der Waals surface area contributed by atoms with Crippen LogP contribution in [0.4, 0.5) is 11.4 Å². The number of aliphatic hydroxyl groups excluding tert-OH is 1. The van der Waals surface area contributed by atoms with Crippen LogP contribution in [0, 0.1) is 0 Å². The van der Waals surface area contributed by atoms with E-state index in [4.69, 9.17) is 9.90 Å². The van der Waals surface area contributed by atoms with Crippen LogP contribution in [-0.4, -0.2) is 66.3 Å². The Balaban J connectivity index is 0.00000134. The first-order valence-electron chi connectivity index (χ1n) is 14.0. The average molecular weight is 539 g/mol. The Morgan fingerprint density at radius 1 is 1.10 bits per heavy atom. The van der Waals surface area contributed by atoms with Gasteiger partial charge >= 0.3 is 0 Å². The van der Waals surface area contributed by atoms with Gasteiger partial charge in [-0.05, 0) is 56.4 Å². The summed E-state index contributed by atoms with van der Waals surface area (Å²) in [6.07, 6.45) is 7.17. The topological polar surface area (TPSA) is 131 Å². The summed E-state index contributed by atoms with van der Waals surface area (Å²) in [5, 5.41) is 28.0. The van der Waals surface area contributed by atoms with E-state index in [1.54, 1.807) is 11.0 Å². The molecule has 4 rings (SSSR count). The number of carboxylic acid groups (broad SMARTS) is 1. The molecule has 9 heteroatoms. The van der Waals surface area contributed by atoms with E-state index < -0.39 is 12.1 Å². The molecule has 2 fully saturated rings. The van der Waals surface area contributed by atoms with E-state index in [2.05, 4.69) is 16.0 Å². The Hall–Kier alpha value is -3.43. The Bertz CT molecular complexity index is 1060. The number of hydrogen-bond acceptors (Lipinski definition) is 6. The molecule has 2 amide bonds. The molecule has 1 saturated heterocycles. The third-order valence-corrected chi connectivity index (χ3v) is 7.25. The van der Waals surface area contributed by atoms with Gasteiger partial charge in [0.2, 0.25) is 5.91 Å². The van der Waals surface area contributed by atoms with Gasteiger partial charge in [-0.3, -0.25) is 14.4 Å². The quantitative estimate of drug-likeness (QED) is 0.277. The van der Waals surface area contributed by atoms with Gasteiger partial charge in [0.25, 0.3) is 12.4 Å². The number of amides is 2. The maximum absolute atomic E-state index is 13.5. The summed E-state index contributed by atoms with van der Waals surface area (Å²) in [5.74, 6) is -0.165. The minimum Gasteiger partial charge on any atom is -0.483 e. The lowest BCUT2D eigenvalue weighted by atomic mass is 9.95. The average Bonchev–Trinajstić information content (AvgIpc) is 3.38. The van der Waals surface area contributed by atoms with Crippen molar-refractivity contribution in [1.82, 2.24) is 10.6 Å². The first-order chi connectivity index (χ1) is 18.9. The standard InChI is InChI=1S/C29H40N4O3.CH2O2/c1-2-30-24-17-22(18-25(19-24)33-15-9-14-28(33)35)29(36)32-26(16-21-10-5-3-6-11-21)27(34)20-31-23-12-7-4-8-13-23;2-1-3/h3,5-6,10-11,17-19,23,26-27,30-31,34H,2,4,7-9,12-16,20H2,1H3,(H,32,36);1H,(H,2,3)/t26-,27+;/m0./s1. The van der Waals surface area contributed by atoms with Crippen molar-refractivity contribution in [2.45, 2.75) is 76.5 Å². The fraction of sp³-hybridized carbons (Fsp3) is 0.500. The third kappa shape index (κ3) is 9.37. The Morgan fingerprint density at radius 3 is 2.46 bits per heavy atom. The van der Waals surface area contributed by atoms with Crippen molar-refractivity contribution in [2.75, 3.05) is 29.9 Å². The molecule has 1 aliphatic heterocycles. The number of nitrogens with zero attached hydrogens (tertiary/aromatic N) is 1. The van der Waals surface area contributed by atoms with Crippen LogP contribution >= 0.6 is 0 Å². The molecule has 2 aliphatic rings. The fourth-order valence-electron chi connectivity index (χ4n) is 5.26. The highest BCUT2D eigenvalue weighted by atomic mass is 16.3. The van der Waals surface area contributed by atoms with Crippen molar-refractivity contribution in [3.63, 3.8) is 0 Å². The number of aliphatic hydroxyl groups is 1. The smallest absolute Gasteiger partial charge is 0.290 e. The largest absolute Gasteiger partial charge is 0.483 e. The van der Waals surface area contributed by atoms with Gasteiger partial charge in [-0.2, -0.15) is 0 Å². The predicted octanol–water partition coefficient (Wildman–Crippen LogP) is 3.57. The molecule has 1 heterocycles. The Kier molecular flexibility index (Phi) is 12.2. The molecule has 2 aromatic rings. The molecule has 1 saturated carbocycles. The maximum Gasteiger partial charge on any atom is 0.290 e. The predicted molar refractivity (Wildman–Crippen MR) is 153 cm³/mol. The van der Waals surface area contributed by atoms with Gasteiger partial charge in [0.05, 0.1) is 12.1 Å². The SMILES string of the molecule is CCNc1cc(C(=O)N[C@@H](Cc2ccccc2)[C@H](O)CNC2CCCCC2)cc(N2CCCC2=O)c1.O=CO. The lowest BCUT2D eigenvalue weighted by molar-refractivity contribution is -0.123. The minimum atomic E-state index is -0.729. The van der Waals surface area contributed by atoms with Crippen LogP contribution in [0.3, 0.4) is 0 Å². The molecular weight excluding hydrogens is 496 g/mol. The highest BCUT2D eigenvalue weighted by Crippen LogP contribution is 2.27. The van der Waals surface area contributed by atoms with Crippen molar-refractivity contribution in [3.8, 4) is 0 Å². The Labute approximate surface area is 231 Å². The van der Waals surface area contributed by atoms with Crippen molar-refractivity contribution < 1.29 is 24.6 Å². The van der Waals surface area contributed by atoms with Crippen LogP contribution < -0.4 is 20.9 Å². The van der Waals surface area contributed by atoms with E-state index in [1.807, 2.05) is 49.4 Å². The molecule has 0 spiro atoms. The molecule has 0 bridgehead atoms. The van der Waals surface area contributed by atoms with Crippen LogP contribution in [-0.2, 0) is 16.0 Å². The summed E-state index contributed by atoms with van der Waals surface area (Å²) in [4.78, 5) is 36.0. The minimum absolute atomic E-state index is 0.0844. The molecule has 2 aromatic carbocycles. The summed E-state index contributed by atoms with van der Waals surface area (Å²) >= 11 is 0. The highest BCUT2D eigenvalue weighted by molar-refractivity contribution is 6.00. The van der Waals surface area contributed by atoms with E-state index in [9.17, 15) is 14.7 Å². The van der Waals surface area contributed by atoms with Crippen LogP contribution in [0.5, 0.6) is 0 Å². The summed E-state index contributed by atoms with van der Waals surface area (Å²) in [7, 11) is 0. The van der Waals surface area contributed by atoms with Crippen LogP contribution in [0.2, 0.25) is 0 Å². The van der Waals surface area contributed by atoms with Gasteiger partial charge in [-0.15, -0.1) is 0 Å². The maximum atomic E-state index is 13.5. The number of anilines is 2. The Morgan fingerprint density at radius 2 is 1.82 bits per heavy atom. The lowest BCUT2D eigenvalue weighted by Crippen LogP contribution is -2.50. The zero-order valence-corrected chi connectivity index (χ0v) is 22.8. The first-order valence-corrected chi connectivity index (χ1v) is 14.0. The van der Waals surface area contributed by atoms with Crippen molar-refractivity contribution in [2.24, 2.45) is 0 Å². The van der Waals surface area contributed by atoms with Gasteiger partial charge < -0.3 is 31.1 Å². The number of benzene rings is 2. The second-order valence-corrected chi connectivity index (χ2v) is 10.1. The zero-order valence-electron chi connectivity index (χ0n) is 22.8. The highest BCUT2D eigenvalue weighted by Gasteiger charge is 2.26. The molecule has 0 aromatic heterocycles. The number of carbonyl (C=O) groups is 3. The molecule has 2 atom stereocenters. The van der Waals surface area contributed by atoms with Gasteiger partial charge in [-0.1, -0.05) is 49.6 Å². The van der Waals surface area contributed by atoms with E-state index >= 15 is 0 Å². The van der Waals surface area contributed by atoms with Gasteiger partial charge in [0, 0.05) is 49.0 Å². The van der Waals surface area contributed by atoms with Crippen LogP contribution in [0.1, 0.15) is 67.8 Å². The normalized spacial score (nSPS) is 17.1. The molecule has 212 valence electrons. The second kappa shape index (κ2) is 15.9. The third-order valence-electron chi connectivity index (χ3n) is 7.25. The van der Waals surface area contributed by atoms with E-state index in [1.165, 1.54) is 19.3 Å². The van der Waals surface area contributed by atoms with Gasteiger partial charge in [0.1, 0.15) is 0 Å². The summed E-state index contributed by atoms with van der Waals surface area (Å²) in [5.41, 5.74) is 3.08. The van der Waals surface area contributed by atoms with Crippen molar-refractivity contribution in [1.29, 1.82) is 0 Å². The van der Waals surface area contributed by atoms with Crippen molar-refractivity contribution >= 4 is 29.7 Å². The number of hydrogen-bond donors (Lipinski definition) is 5. The summed E-state index contributed by atoms with van der Waals surface area (Å²) in [6.45, 7) is 3.56. The van der Waals surface area contributed by atoms with E-state index in [-0.39, 0.29) is 18.3 Å². The number of rotatable bonds is 11. The van der Waals surface area contributed by atoms with E-state index in [0.29, 0.717) is 44.1 Å². The lowest BCUT2D eigenvalue weighted by Gasteiger charge is -2.28. The van der Waals surface area contributed by atoms with Gasteiger partial charge in [0.15, 0.2) is 0 Å². The summed E-state index contributed by atoms with van der Waals surface area (Å²) in [6, 6.07) is 15.4. The summed E-state index contributed by atoms with van der Waals surface area (Å²) < 4.78 is 0. The molecule has 9 nitrogen and oxygen atoms in total. The monoisotopic (exact) mass is 538 g/mol. The number of carbonyl (C=O) groups excluding carboxylic acids is 2. The van der Waals surface area contributed by atoms with E-state index in [0.717, 1.165) is 36.2 Å². The molecule has 0 unspecified atom stereocenters.